The molecule has 0 aliphatic heterocycles. The average Bonchev–Trinajstić information content (AvgIpc) is 2.14. The summed E-state index contributed by atoms with van der Waals surface area (Å²) in [5, 5.41) is 2.67. The Labute approximate surface area is 76.8 Å². The van der Waals surface area contributed by atoms with Crippen LogP contribution in [-0.2, 0) is 0 Å². The third-order valence-electron chi connectivity index (χ3n) is 1.62. The molecule has 0 aliphatic carbocycles. The molecule has 1 aromatic rings. The molecule has 0 heterocycles. The lowest BCUT2D eigenvalue weighted by Gasteiger charge is -2.02. The van der Waals surface area contributed by atoms with Gasteiger partial charge >= 0.3 is 0 Å². The van der Waals surface area contributed by atoms with E-state index in [-0.39, 0.29) is 11.7 Å². The fourth-order valence-corrected chi connectivity index (χ4v) is 0.970. The first-order chi connectivity index (χ1) is 6.24. The van der Waals surface area contributed by atoms with Crippen LogP contribution >= 0.6 is 0 Å². The Morgan fingerprint density at radius 2 is 2.31 bits per heavy atom. The van der Waals surface area contributed by atoms with Crippen LogP contribution in [0.15, 0.2) is 24.3 Å². The Bertz CT molecular complexity index is 299. The van der Waals surface area contributed by atoms with Crippen molar-refractivity contribution in [2.75, 3.05) is 6.54 Å². The second-order valence-corrected chi connectivity index (χ2v) is 2.77. The molecule has 0 atom stereocenters. The molecule has 1 rings (SSSR count). The maximum absolute atomic E-state index is 12.7. The lowest BCUT2D eigenvalue weighted by Crippen LogP contribution is -2.23. The van der Waals surface area contributed by atoms with Crippen molar-refractivity contribution in [3.05, 3.63) is 35.6 Å². The Balaban J connectivity index is 2.66. The number of rotatable bonds is 3. The molecule has 1 aromatic carbocycles. The topological polar surface area (TPSA) is 29.1 Å². The minimum absolute atomic E-state index is 0.221. The van der Waals surface area contributed by atoms with E-state index >= 15 is 0 Å². The molecule has 0 fully saturated rings. The molecule has 1 N–H and O–H groups in total. The van der Waals surface area contributed by atoms with Crippen LogP contribution in [0.5, 0.6) is 0 Å². The van der Waals surface area contributed by atoms with Gasteiger partial charge in [0.2, 0.25) is 0 Å². The summed E-state index contributed by atoms with van der Waals surface area (Å²) in [6, 6.07) is 5.66. The highest BCUT2D eigenvalue weighted by molar-refractivity contribution is 5.94. The van der Waals surface area contributed by atoms with Gasteiger partial charge in [-0.15, -0.1) is 0 Å². The third-order valence-corrected chi connectivity index (χ3v) is 1.62. The molecule has 70 valence electrons. The highest BCUT2D eigenvalue weighted by Gasteiger charge is 2.03. The van der Waals surface area contributed by atoms with E-state index in [1.54, 1.807) is 6.07 Å². The number of nitrogens with one attached hydrogen (secondary N) is 1. The standard InChI is InChI=1S/C10H12FNO/c1-2-6-12-10(13)8-4-3-5-9(11)7-8/h3-5,7H,2,6H2,1H3,(H,12,13). The van der Waals surface area contributed by atoms with Gasteiger partial charge in [-0.05, 0) is 24.6 Å². The Kier molecular flexibility index (Phi) is 3.43. The van der Waals surface area contributed by atoms with Crippen molar-refractivity contribution < 1.29 is 9.18 Å². The fourth-order valence-electron chi connectivity index (χ4n) is 0.970. The summed E-state index contributed by atoms with van der Waals surface area (Å²) in [6.07, 6.45) is 0.876. The quantitative estimate of drug-likeness (QED) is 0.758. The van der Waals surface area contributed by atoms with Crippen LogP contribution in [0.25, 0.3) is 0 Å². The van der Waals surface area contributed by atoms with Crippen LogP contribution in [0.2, 0.25) is 0 Å². The van der Waals surface area contributed by atoms with Crippen LogP contribution in [-0.4, -0.2) is 12.5 Å². The summed E-state index contributed by atoms with van der Waals surface area (Å²) in [5.74, 6) is -0.606. The molecule has 3 heteroatoms. The molecule has 0 aromatic heterocycles. The van der Waals surface area contributed by atoms with E-state index in [4.69, 9.17) is 0 Å². The Hall–Kier alpha value is -1.38. The zero-order chi connectivity index (χ0) is 9.68. The van der Waals surface area contributed by atoms with Gasteiger partial charge in [0.05, 0.1) is 0 Å². The van der Waals surface area contributed by atoms with Gasteiger partial charge in [0.25, 0.3) is 5.91 Å². The van der Waals surface area contributed by atoms with Gasteiger partial charge in [-0.25, -0.2) is 4.39 Å². The summed E-state index contributed by atoms with van der Waals surface area (Å²) >= 11 is 0. The molecule has 13 heavy (non-hydrogen) atoms. The van der Waals surface area contributed by atoms with Gasteiger partial charge in [0, 0.05) is 12.1 Å². The lowest BCUT2D eigenvalue weighted by atomic mass is 10.2. The molecule has 0 spiro atoms. The zero-order valence-corrected chi connectivity index (χ0v) is 7.51. The van der Waals surface area contributed by atoms with Crippen LogP contribution in [0.1, 0.15) is 23.7 Å². The Morgan fingerprint density at radius 1 is 1.54 bits per heavy atom. The average molecular weight is 181 g/mol. The lowest BCUT2D eigenvalue weighted by molar-refractivity contribution is 0.0953. The fraction of sp³-hybridized carbons (Fsp3) is 0.300. The highest BCUT2D eigenvalue weighted by Crippen LogP contribution is 2.02. The normalized spacial score (nSPS) is 9.69. The smallest absolute Gasteiger partial charge is 0.251 e. The van der Waals surface area contributed by atoms with Crippen molar-refractivity contribution in [2.45, 2.75) is 13.3 Å². The molecule has 1 amide bonds. The second kappa shape index (κ2) is 4.60. The minimum atomic E-state index is -0.385. The molecule has 0 saturated carbocycles. The van der Waals surface area contributed by atoms with Crippen LogP contribution in [0.4, 0.5) is 4.39 Å². The summed E-state index contributed by atoms with van der Waals surface area (Å²) in [4.78, 5) is 11.3. The second-order valence-electron chi connectivity index (χ2n) is 2.77. The summed E-state index contributed by atoms with van der Waals surface area (Å²) in [5.41, 5.74) is 0.369. The van der Waals surface area contributed by atoms with Gasteiger partial charge in [-0.2, -0.15) is 0 Å². The molecular formula is C10H12FNO. The van der Waals surface area contributed by atoms with E-state index in [1.165, 1.54) is 18.2 Å². The molecule has 0 unspecified atom stereocenters. The summed E-state index contributed by atoms with van der Waals surface area (Å²) in [7, 11) is 0. The number of benzene rings is 1. The third kappa shape index (κ3) is 2.86. The van der Waals surface area contributed by atoms with E-state index in [2.05, 4.69) is 5.32 Å². The van der Waals surface area contributed by atoms with E-state index in [0.717, 1.165) is 6.42 Å². The molecule has 0 aliphatic rings. The van der Waals surface area contributed by atoms with Crippen LogP contribution < -0.4 is 5.32 Å². The molecule has 0 bridgehead atoms. The first kappa shape index (κ1) is 9.71. The SMILES string of the molecule is CCCNC(=O)c1cccc(F)c1. The van der Waals surface area contributed by atoms with Crippen molar-refractivity contribution in [1.82, 2.24) is 5.32 Å². The van der Waals surface area contributed by atoms with Gasteiger partial charge in [-0.3, -0.25) is 4.79 Å². The first-order valence-electron chi connectivity index (χ1n) is 4.28. The van der Waals surface area contributed by atoms with Crippen molar-refractivity contribution in [3.63, 3.8) is 0 Å². The van der Waals surface area contributed by atoms with E-state index < -0.39 is 0 Å². The maximum Gasteiger partial charge on any atom is 0.251 e. The summed E-state index contributed by atoms with van der Waals surface area (Å²) in [6.45, 7) is 2.58. The van der Waals surface area contributed by atoms with Crippen LogP contribution in [0, 0.1) is 5.82 Å². The van der Waals surface area contributed by atoms with Gasteiger partial charge in [0.1, 0.15) is 5.82 Å². The van der Waals surface area contributed by atoms with Gasteiger partial charge in [0.15, 0.2) is 0 Å². The molecular weight excluding hydrogens is 169 g/mol. The number of carbonyl (C=O) groups is 1. The highest BCUT2D eigenvalue weighted by atomic mass is 19.1. The van der Waals surface area contributed by atoms with Crippen molar-refractivity contribution in [3.8, 4) is 0 Å². The predicted molar refractivity (Wildman–Crippen MR) is 49.0 cm³/mol. The number of hydrogen-bond donors (Lipinski definition) is 1. The maximum atomic E-state index is 12.7. The van der Waals surface area contributed by atoms with Crippen LogP contribution in [0.3, 0.4) is 0 Å². The number of halogens is 1. The van der Waals surface area contributed by atoms with Crippen molar-refractivity contribution in [2.24, 2.45) is 0 Å². The Morgan fingerprint density at radius 3 is 2.92 bits per heavy atom. The molecule has 0 radical (unpaired) electrons. The number of amides is 1. The van der Waals surface area contributed by atoms with Gasteiger partial charge < -0.3 is 5.32 Å². The monoisotopic (exact) mass is 181 g/mol. The minimum Gasteiger partial charge on any atom is -0.352 e. The number of hydrogen-bond acceptors (Lipinski definition) is 1. The predicted octanol–water partition coefficient (Wildman–Crippen LogP) is 1.97. The van der Waals surface area contributed by atoms with Crippen molar-refractivity contribution in [1.29, 1.82) is 0 Å². The van der Waals surface area contributed by atoms with E-state index in [1.807, 2.05) is 6.92 Å². The van der Waals surface area contributed by atoms with E-state index in [0.29, 0.717) is 12.1 Å². The largest absolute Gasteiger partial charge is 0.352 e. The first-order valence-corrected chi connectivity index (χ1v) is 4.28. The molecule has 2 nitrogen and oxygen atoms in total. The van der Waals surface area contributed by atoms with Crippen molar-refractivity contribution >= 4 is 5.91 Å². The zero-order valence-electron chi connectivity index (χ0n) is 7.51. The summed E-state index contributed by atoms with van der Waals surface area (Å²) < 4.78 is 12.7. The van der Waals surface area contributed by atoms with Gasteiger partial charge in [-0.1, -0.05) is 13.0 Å². The van der Waals surface area contributed by atoms with E-state index in [9.17, 15) is 9.18 Å². The molecule has 0 saturated heterocycles. The number of carbonyl (C=O) groups excluding carboxylic acids is 1.